The summed E-state index contributed by atoms with van der Waals surface area (Å²) in [7, 11) is 1.86. The van der Waals surface area contributed by atoms with Gasteiger partial charge in [0.25, 0.3) is 5.91 Å². The highest BCUT2D eigenvalue weighted by Gasteiger charge is 2.09. The van der Waals surface area contributed by atoms with Crippen LogP contribution in [0.3, 0.4) is 0 Å². The molecule has 0 unspecified atom stereocenters. The molecule has 0 bridgehead atoms. The van der Waals surface area contributed by atoms with Crippen molar-refractivity contribution in [3.05, 3.63) is 84.8 Å². The second-order valence-corrected chi connectivity index (χ2v) is 7.59. The van der Waals surface area contributed by atoms with Crippen molar-refractivity contribution < 1.29 is 14.3 Å². The number of carbonyl (C=O) groups is 1. The Morgan fingerprint density at radius 3 is 2.61 bits per heavy atom. The molecule has 0 saturated carbocycles. The summed E-state index contributed by atoms with van der Waals surface area (Å²) in [6.45, 7) is 2.80. The Morgan fingerprint density at radius 1 is 1.03 bits per heavy atom. The number of hydrogen-bond donors (Lipinski definition) is 1. The topological polar surface area (TPSA) is 78.3 Å². The molecule has 2 heterocycles. The van der Waals surface area contributed by atoms with Crippen molar-refractivity contribution in [2.45, 2.75) is 19.8 Å². The van der Waals surface area contributed by atoms with Gasteiger partial charge in [-0.1, -0.05) is 19.4 Å². The van der Waals surface area contributed by atoms with Gasteiger partial charge in [0.15, 0.2) is 0 Å². The fourth-order valence-electron chi connectivity index (χ4n) is 3.20. The predicted octanol–water partition coefficient (Wildman–Crippen LogP) is 5.71. The average molecular weight is 443 g/mol. The second-order valence-electron chi connectivity index (χ2n) is 7.59. The quantitative estimate of drug-likeness (QED) is 0.336. The summed E-state index contributed by atoms with van der Waals surface area (Å²) < 4.78 is 13.4. The molecule has 4 aromatic rings. The molecule has 1 amide bonds. The molecule has 0 atom stereocenters. The van der Waals surface area contributed by atoms with E-state index in [4.69, 9.17) is 9.47 Å². The molecule has 0 aliphatic carbocycles. The third-order valence-corrected chi connectivity index (χ3v) is 4.94. The molecule has 0 spiro atoms. The fourth-order valence-corrected chi connectivity index (χ4v) is 3.20. The van der Waals surface area contributed by atoms with E-state index in [1.807, 2.05) is 49.6 Å². The molecule has 0 aliphatic rings. The zero-order valence-corrected chi connectivity index (χ0v) is 18.7. The van der Waals surface area contributed by atoms with E-state index in [0.717, 1.165) is 29.8 Å². The maximum absolute atomic E-state index is 12.6. The van der Waals surface area contributed by atoms with E-state index in [1.165, 1.54) is 0 Å². The summed E-state index contributed by atoms with van der Waals surface area (Å²) in [6, 6.07) is 18.1. The number of rotatable bonds is 9. The minimum atomic E-state index is -0.199. The first-order chi connectivity index (χ1) is 16.1. The van der Waals surface area contributed by atoms with Crippen LogP contribution in [0.15, 0.2) is 79.3 Å². The Hall–Kier alpha value is -4.13. The molecule has 0 fully saturated rings. The summed E-state index contributed by atoms with van der Waals surface area (Å²) in [4.78, 5) is 17.0. The van der Waals surface area contributed by atoms with Crippen LogP contribution < -0.4 is 14.8 Å². The SMILES string of the molecule is CCCCOc1ccc(C(=O)Nc2cccc(Oc3ccnc(-c4cnn(C)c4)c3)c2)cc1. The summed E-state index contributed by atoms with van der Waals surface area (Å²) in [5.74, 6) is 1.82. The van der Waals surface area contributed by atoms with Crippen molar-refractivity contribution in [3.63, 3.8) is 0 Å². The van der Waals surface area contributed by atoms with Gasteiger partial charge in [0.1, 0.15) is 17.2 Å². The minimum Gasteiger partial charge on any atom is -0.494 e. The van der Waals surface area contributed by atoms with Crippen LogP contribution in [-0.4, -0.2) is 27.3 Å². The normalized spacial score (nSPS) is 10.6. The standard InChI is InChI=1S/C26H26N4O3/c1-3-4-14-32-22-10-8-19(9-11-22)26(31)29-21-6-5-7-23(15-21)33-24-12-13-27-25(16-24)20-17-28-30(2)18-20/h5-13,15-18H,3-4,14H2,1-2H3,(H,29,31). The highest BCUT2D eigenvalue weighted by molar-refractivity contribution is 6.04. The Labute approximate surface area is 193 Å². The van der Waals surface area contributed by atoms with E-state index in [0.29, 0.717) is 29.4 Å². The molecule has 2 aromatic carbocycles. The summed E-state index contributed by atoms with van der Waals surface area (Å²) in [5, 5.41) is 7.09. The number of ether oxygens (including phenoxy) is 2. The predicted molar refractivity (Wildman–Crippen MR) is 128 cm³/mol. The zero-order chi connectivity index (χ0) is 23.0. The lowest BCUT2D eigenvalue weighted by atomic mass is 10.2. The van der Waals surface area contributed by atoms with Gasteiger partial charge in [-0.05, 0) is 48.9 Å². The lowest BCUT2D eigenvalue weighted by Crippen LogP contribution is -2.11. The van der Waals surface area contributed by atoms with Gasteiger partial charge in [-0.25, -0.2) is 0 Å². The molecule has 168 valence electrons. The van der Waals surface area contributed by atoms with Crippen molar-refractivity contribution in [3.8, 4) is 28.5 Å². The smallest absolute Gasteiger partial charge is 0.255 e. The summed E-state index contributed by atoms with van der Waals surface area (Å²) >= 11 is 0. The minimum absolute atomic E-state index is 0.199. The first-order valence-electron chi connectivity index (χ1n) is 10.9. The van der Waals surface area contributed by atoms with E-state index in [1.54, 1.807) is 41.3 Å². The number of aromatic nitrogens is 3. The van der Waals surface area contributed by atoms with Crippen LogP contribution in [0.4, 0.5) is 5.69 Å². The summed E-state index contributed by atoms with van der Waals surface area (Å²) in [5.41, 5.74) is 2.87. The maximum Gasteiger partial charge on any atom is 0.255 e. The number of hydrogen-bond acceptors (Lipinski definition) is 5. The Kier molecular flexibility index (Phi) is 6.99. The van der Waals surface area contributed by atoms with Gasteiger partial charge in [0.2, 0.25) is 0 Å². The van der Waals surface area contributed by atoms with Crippen molar-refractivity contribution in [1.29, 1.82) is 0 Å². The van der Waals surface area contributed by atoms with Crippen LogP contribution in [-0.2, 0) is 7.05 Å². The van der Waals surface area contributed by atoms with Crippen molar-refractivity contribution in [2.75, 3.05) is 11.9 Å². The van der Waals surface area contributed by atoms with Crippen molar-refractivity contribution in [1.82, 2.24) is 14.8 Å². The molecule has 4 rings (SSSR count). The van der Waals surface area contributed by atoms with Crippen LogP contribution in [0.2, 0.25) is 0 Å². The third-order valence-electron chi connectivity index (χ3n) is 4.94. The Balaban J connectivity index is 1.40. The molecule has 7 heteroatoms. The molecule has 0 saturated heterocycles. The highest BCUT2D eigenvalue weighted by Crippen LogP contribution is 2.27. The number of anilines is 1. The zero-order valence-electron chi connectivity index (χ0n) is 18.7. The molecule has 33 heavy (non-hydrogen) atoms. The number of benzene rings is 2. The Bertz CT molecular complexity index is 1220. The van der Waals surface area contributed by atoms with Crippen molar-refractivity contribution >= 4 is 11.6 Å². The van der Waals surface area contributed by atoms with Gasteiger partial charge in [0.05, 0.1) is 18.5 Å². The number of nitrogens with one attached hydrogen (secondary N) is 1. The van der Waals surface area contributed by atoms with Gasteiger partial charge in [-0.15, -0.1) is 0 Å². The molecule has 2 aromatic heterocycles. The van der Waals surface area contributed by atoms with Gasteiger partial charge in [-0.3, -0.25) is 14.5 Å². The average Bonchev–Trinajstić information content (AvgIpc) is 3.26. The van der Waals surface area contributed by atoms with Crippen molar-refractivity contribution in [2.24, 2.45) is 7.05 Å². The first kappa shape index (κ1) is 22.1. The van der Waals surface area contributed by atoms with E-state index >= 15 is 0 Å². The number of amides is 1. The van der Waals surface area contributed by atoms with Crippen LogP contribution in [0.5, 0.6) is 17.2 Å². The number of unbranched alkanes of at least 4 members (excludes halogenated alkanes) is 1. The summed E-state index contributed by atoms with van der Waals surface area (Å²) in [6.07, 6.45) is 7.43. The second kappa shape index (κ2) is 10.5. The molecule has 0 aliphatic heterocycles. The van der Waals surface area contributed by atoms with E-state index in [-0.39, 0.29) is 5.91 Å². The van der Waals surface area contributed by atoms with Gasteiger partial charge in [0, 0.05) is 48.4 Å². The maximum atomic E-state index is 12.6. The number of nitrogens with zero attached hydrogens (tertiary/aromatic N) is 3. The molecular weight excluding hydrogens is 416 g/mol. The van der Waals surface area contributed by atoms with Crippen LogP contribution >= 0.6 is 0 Å². The number of carbonyl (C=O) groups excluding carboxylic acids is 1. The fraction of sp³-hybridized carbons (Fsp3) is 0.192. The molecule has 0 radical (unpaired) electrons. The molecule has 1 N–H and O–H groups in total. The lowest BCUT2D eigenvalue weighted by Gasteiger charge is -2.10. The van der Waals surface area contributed by atoms with Gasteiger partial charge < -0.3 is 14.8 Å². The van der Waals surface area contributed by atoms with Gasteiger partial charge in [-0.2, -0.15) is 5.10 Å². The van der Waals surface area contributed by atoms with E-state index in [2.05, 4.69) is 22.3 Å². The van der Waals surface area contributed by atoms with Crippen LogP contribution in [0.1, 0.15) is 30.1 Å². The van der Waals surface area contributed by atoms with E-state index < -0.39 is 0 Å². The largest absolute Gasteiger partial charge is 0.494 e. The van der Waals surface area contributed by atoms with E-state index in [9.17, 15) is 4.79 Å². The molecule has 7 nitrogen and oxygen atoms in total. The Morgan fingerprint density at radius 2 is 1.85 bits per heavy atom. The van der Waals surface area contributed by atoms with Crippen LogP contribution in [0.25, 0.3) is 11.3 Å². The monoisotopic (exact) mass is 442 g/mol. The van der Waals surface area contributed by atoms with Crippen LogP contribution in [0, 0.1) is 0 Å². The number of aryl methyl sites for hydroxylation is 1. The first-order valence-corrected chi connectivity index (χ1v) is 10.9. The lowest BCUT2D eigenvalue weighted by molar-refractivity contribution is 0.102. The number of pyridine rings is 1. The van der Waals surface area contributed by atoms with Gasteiger partial charge >= 0.3 is 0 Å². The highest BCUT2D eigenvalue weighted by atomic mass is 16.5. The molecular formula is C26H26N4O3. The third kappa shape index (κ3) is 5.98.